The van der Waals surface area contributed by atoms with Crippen molar-refractivity contribution in [2.24, 2.45) is 0 Å². The Morgan fingerprint density at radius 3 is 2.12 bits per heavy atom. The van der Waals surface area contributed by atoms with E-state index < -0.39 is 6.04 Å². The normalized spacial score (nSPS) is 11.6. The maximum Gasteiger partial charge on any atom is 0.243 e. The zero-order valence-electron chi connectivity index (χ0n) is 18.6. The number of carbonyl (C=O) groups is 2. The number of nitrogens with zero attached hydrogens (tertiary/aromatic N) is 1. The number of hydrogen-bond acceptors (Lipinski definition) is 2. The van der Waals surface area contributed by atoms with E-state index in [4.69, 9.17) is 0 Å². The van der Waals surface area contributed by atoms with Gasteiger partial charge in [-0.1, -0.05) is 88.2 Å². The highest BCUT2D eigenvalue weighted by atomic mass is 79.9. The summed E-state index contributed by atoms with van der Waals surface area (Å²) in [5.74, 6) is -0.199. The van der Waals surface area contributed by atoms with Crippen molar-refractivity contribution in [3.8, 4) is 0 Å². The number of likely N-dealkylation sites (N-methyl/N-ethyl adjacent to an activating group) is 1. The van der Waals surface area contributed by atoms with Gasteiger partial charge < -0.3 is 10.2 Å². The molecule has 0 aliphatic carbocycles. The Kier molecular flexibility index (Phi) is 8.63. The summed E-state index contributed by atoms with van der Waals surface area (Å²) in [6, 6.07) is 25.1. The number of amides is 2. The summed E-state index contributed by atoms with van der Waals surface area (Å²) in [5, 5.41) is 2.93. The van der Waals surface area contributed by atoms with Gasteiger partial charge in [-0.2, -0.15) is 0 Å². The van der Waals surface area contributed by atoms with E-state index in [1.807, 2.05) is 92.7 Å². The van der Waals surface area contributed by atoms with Crippen molar-refractivity contribution in [2.75, 3.05) is 6.54 Å². The summed E-state index contributed by atoms with van der Waals surface area (Å²) in [5.41, 5.74) is 4.09. The minimum Gasteiger partial charge on any atom is -0.355 e. The van der Waals surface area contributed by atoms with Crippen molar-refractivity contribution in [2.45, 2.75) is 39.3 Å². The molecule has 0 bridgehead atoms. The molecule has 0 fully saturated rings. The van der Waals surface area contributed by atoms with Crippen LogP contribution < -0.4 is 5.32 Å². The topological polar surface area (TPSA) is 49.4 Å². The highest BCUT2D eigenvalue weighted by Crippen LogP contribution is 2.18. The first-order valence-electron chi connectivity index (χ1n) is 10.9. The monoisotopic (exact) mass is 492 g/mol. The van der Waals surface area contributed by atoms with Gasteiger partial charge in [0.05, 0.1) is 6.42 Å². The lowest BCUT2D eigenvalue weighted by atomic mass is 10.0. The van der Waals surface area contributed by atoms with Gasteiger partial charge in [-0.05, 0) is 42.7 Å². The second-order valence-corrected chi connectivity index (χ2v) is 8.83. The van der Waals surface area contributed by atoms with Crippen molar-refractivity contribution >= 4 is 27.7 Å². The predicted octanol–water partition coefficient (Wildman–Crippen LogP) is 5.08. The highest BCUT2D eigenvalue weighted by molar-refractivity contribution is 9.10. The lowest BCUT2D eigenvalue weighted by molar-refractivity contribution is -0.140. The van der Waals surface area contributed by atoms with E-state index in [1.54, 1.807) is 4.90 Å². The molecule has 5 heteroatoms. The van der Waals surface area contributed by atoms with Crippen LogP contribution in [-0.2, 0) is 29.0 Å². The van der Waals surface area contributed by atoms with Crippen LogP contribution in [0.3, 0.4) is 0 Å². The van der Waals surface area contributed by atoms with Crippen LogP contribution in [0, 0.1) is 6.92 Å². The molecule has 32 heavy (non-hydrogen) atoms. The molecule has 0 unspecified atom stereocenters. The van der Waals surface area contributed by atoms with Crippen LogP contribution in [0.1, 0.15) is 29.2 Å². The smallest absolute Gasteiger partial charge is 0.243 e. The maximum absolute atomic E-state index is 13.5. The molecule has 0 saturated carbocycles. The molecule has 4 nitrogen and oxygen atoms in total. The average Bonchev–Trinajstić information content (AvgIpc) is 2.79. The summed E-state index contributed by atoms with van der Waals surface area (Å²) >= 11 is 3.46. The Morgan fingerprint density at radius 1 is 0.875 bits per heavy atom. The average molecular weight is 493 g/mol. The standard InChI is InChI=1S/C27H29BrN2O2/c1-3-29-27(32)25(17-21-7-5-4-6-8-21)30(19-23-13-15-24(28)16-14-23)26(31)18-22-11-9-20(2)10-12-22/h4-16,25H,3,17-19H2,1-2H3,(H,29,32)/t25-/m0/s1. The molecule has 3 aromatic rings. The molecule has 0 aliphatic heterocycles. The van der Waals surface area contributed by atoms with Crippen LogP contribution in [-0.4, -0.2) is 29.3 Å². The van der Waals surface area contributed by atoms with Gasteiger partial charge in [0.2, 0.25) is 11.8 Å². The van der Waals surface area contributed by atoms with Gasteiger partial charge in [0.25, 0.3) is 0 Å². The van der Waals surface area contributed by atoms with Crippen LogP contribution in [0.15, 0.2) is 83.3 Å². The molecule has 0 saturated heterocycles. The minimum atomic E-state index is -0.598. The van der Waals surface area contributed by atoms with Crippen molar-refractivity contribution in [3.05, 3.63) is 106 Å². The minimum absolute atomic E-state index is 0.0658. The molecule has 1 atom stereocenters. The number of benzene rings is 3. The van der Waals surface area contributed by atoms with E-state index >= 15 is 0 Å². The molecule has 1 N–H and O–H groups in total. The van der Waals surface area contributed by atoms with Gasteiger partial charge in [-0.3, -0.25) is 9.59 Å². The Labute approximate surface area is 198 Å². The second kappa shape index (κ2) is 11.6. The molecule has 0 spiro atoms. The fourth-order valence-corrected chi connectivity index (χ4v) is 3.88. The van der Waals surface area contributed by atoms with E-state index in [0.29, 0.717) is 19.5 Å². The van der Waals surface area contributed by atoms with Crippen molar-refractivity contribution in [1.29, 1.82) is 0 Å². The number of aryl methyl sites for hydroxylation is 1. The van der Waals surface area contributed by atoms with E-state index in [2.05, 4.69) is 21.2 Å². The molecule has 0 heterocycles. The van der Waals surface area contributed by atoms with Gasteiger partial charge in [-0.15, -0.1) is 0 Å². The Bertz CT molecular complexity index is 1020. The zero-order chi connectivity index (χ0) is 22.9. The number of hydrogen-bond donors (Lipinski definition) is 1. The first kappa shape index (κ1) is 23.7. The fraction of sp³-hybridized carbons (Fsp3) is 0.259. The molecule has 3 rings (SSSR count). The van der Waals surface area contributed by atoms with Crippen molar-refractivity contribution in [1.82, 2.24) is 10.2 Å². The molecular formula is C27H29BrN2O2. The highest BCUT2D eigenvalue weighted by Gasteiger charge is 2.30. The number of carbonyl (C=O) groups excluding carboxylic acids is 2. The summed E-state index contributed by atoms with van der Waals surface area (Å²) in [7, 11) is 0. The lowest BCUT2D eigenvalue weighted by Crippen LogP contribution is -2.50. The molecule has 166 valence electrons. The Balaban J connectivity index is 1.93. The summed E-state index contributed by atoms with van der Waals surface area (Å²) in [6.07, 6.45) is 0.713. The summed E-state index contributed by atoms with van der Waals surface area (Å²) in [6.45, 7) is 4.80. The molecule has 0 radical (unpaired) electrons. The maximum atomic E-state index is 13.5. The first-order valence-corrected chi connectivity index (χ1v) is 11.7. The predicted molar refractivity (Wildman–Crippen MR) is 132 cm³/mol. The number of nitrogens with one attached hydrogen (secondary N) is 1. The quantitative estimate of drug-likeness (QED) is 0.452. The van der Waals surface area contributed by atoms with Crippen LogP contribution in [0.4, 0.5) is 0 Å². The van der Waals surface area contributed by atoms with E-state index in [0.717, 1.165) is 26.7 Å². The van der Waals surface area contributed by atoms with E-state index in [1.165, 1.54) is 0 Å². The molecule has 0 aliphatic rings. The Hall–Kier alpha value is -2.92. The molecule has 0 aromatic heterocycles. The van der Waals surface area contributed by atoms with Gasteiger partial charge in [-0.25, -0.2) is 0 Å². The van der Waals surface area contributed by atoms with Gasteiger partial charge >= 0.3 is 0 Å². The van der Waals surface area contributed by atoms with Crippen LogP contribution in [0.5, 0.6) is 0 Å². The third-order valence-electron chi connectivity index (χ3n) is 5.36. The lowest BCUT2D eigenvalue weighted by Gasteiger charge is -2.31. The molecule has 3 aromatic carbocycles. The second-order valence-electron chi connectivity index (χ2n) is 7.91. The van der Waals surface area contributed by atoms with Crippen LogP contribution in [0.25, 0.3) is 0 Å². The van der Waals surface area contributed by atoms with Gasteiger partial charge in [0.15, 0.2) is 0 Å². The third kappa shape index (κ3) is 6.79. The SMILES string of the molecule is CCNC(=O)[C@H](Cc1ccccc1)N(Cc1ccc(Br)cc1)C(=O)Cc1ccc(C)cc1. The first-order chi connectivity index (χ1) is 15.5. The van der Waals surface area contributed by atoms with Crippen LogP contribution in [0.2, 0.25) is 0 Å². The van der Waals surface area contributed by atoms with Gasteiger partial charge in [0.1, 0.15) is 6.04 Å². The Morgan fingerprint density at radius 2 is 1.50 bits per heavy atom. The zero-order valence-corrected chi connectivity index (χ0v) is 20.1. The molecule has 2 amide bonds. The number of rotatable bonds is 9. The molecular weight excluding hydrogens is 464 g/mol. The summed E-state index contributed by atoms with van der Waals surface area (Å²) < 4.78 is 0.975. The van der Waals surface area contributed by atoms with Crippen molar-refractivity contribution in [3.63, 3.8) is 0 Å². The summed E-state index contributed by atoms with van der Waals surface area (Å²) in [4.78, 5) is 28.4. The van der Waals surface area contributed by atoms with Gasteiger partial charge in [0, 0.05) is 24.0 Å². The van der Waals surface area contributed by atoms with E-state index in [-0.39, 0.29) is 18.2 Å². The third-order valence-corrected chi connectivity index (χ3v) is 5.89. The largest absolute Gasteiger partial charge is 0.355 e. The van der Waals surface area contributed by atoms with Crippen molar-refractivity contribution < 1.29 is 9.59 Å². The fourth-order valence-electron chi connectivity index (χ4n) is 3.61. The van der Waals surface area contributed by atoms with Crippen LogP contribution >= 0.6 is 15.9 Å². The number of halogens is 1. The van der Waals surface area contributed by atoms with E-state index in [9.17, 15) is 9.59 Å².